The van der Waals surface area contributed by atoms with Crippen molar-refractivity contribution in [1.29, 1.82) is 0 Å². The average molecular weight is 494 g/mol. The van der Waals surface area contributed by atoms with Gasteiger partial charge in [0.25, 0.3) is 0 Å². The van der Waals surface area contributed by atoms with Crippen LogP contribution < -0.4 is 27.4 Å². The molecule has 1 aromatic carbocycles. The molecule has 0 bridgehead atoms. The van der Waals surface area contributed by atoms with Gasteiger partial charge in [0.1, 0.15) is 24.2 Å². The predicted octanol–water partition coefficient (Wildman–Crippen LogP) is -1.60. The van der Waals surface area contributed by atoms with E-state index >= 15 is 0 Å². The molecule has 1 rings (SSSR count). The Kier molecular flexibility index (Phi) is 11.8. The van der Waals surface area contributed by atoms with Gasteiger partial charge in [0.2, 0.25) is 23.6 Å². The Morgan fingerprint density at radius 2 is 1.37 bits per heavy atom. The van der Waals surface area contributed by atoms with Crippen LogP contribution in [-0.4, -0.2) is 70.1 Å². The molecule has 0 radical (unpaired) electrons. The molecule has 194 valence electrons. The normalized spacial score (nSPS) is 15.3. The first-order valence-electron chi connectivity index (χ1n) is 11.2. The largest absolute Gasteiger partial charge is 0.480 e. The highest BCUT2D eigenvalue weighted by Gasteiger charge is 2.32. The third kappa shape index (κ3) is 10.5. The Hall–Kier alpha value is -3.51. The average Bonchev–Trinajstić information content (AvgIpc) is 2.76. The number of benzene rings is 1. The van der Waals surface area contributed by atoms with Gasteiger partial charge in [0.15, 0.2) is 0 Å². The van der Waals surface area contributed by atoms with Crippen LogP contribution in [0.15, 0.2) is 30.3 Å². The fourth-order valence-electron chi connectivity index (χ4n) is 3.19. The van der Waals surface area contributed by atoms with Crippen molar-refractivity contribution in [2.24, 2.45) is 17.4 Å². The molecule has 5 atom stereocenters. The molecule has 12 nitrogen and oxygen atoms in total. The molecule has 0 heterocycles. The summed E-state index contributed by atoms with van der Waals surface area (Å²) in [4.78, 5) is 61.2. The summed E-state index contributed by atoms with van der Waals surface area (Å²) in [7, 11) is 0. The van der Waals surface area contributed by atoms with E-state index in [-0.39, 0.29) is 18.8 Å². The smallest absolute Gasteiger partial charge is 0.326 e. The summed E-state index contributed by atoms with van der Waals surface area (Å²) in [6.45, 7) is 4.88. The van der Waals surface area contributed by atoms with E-state index in [4.69, 9.17) is 11.5 Å². The van der Waals surface area contributed by atoms with Gasteiger partial charge in [-0.05, 0) is 24.8 Å². The van der Waals surface area contributed by atoms with Crippen LogP contribution in [0.4, 0.5) is 0 Å². The van der Waals surface area contributed by atoms with Crippen molar-refractivity contribution in [3.8, 4) is 0 Å². The minimum atomic E-state index is -1.45. The molecule has 1 aromatic rings. The fourth-order valence-corrected chi connectivity index (χ4v) is 3.19. The van der Waals surface area contributed by atoms with E-state index in [0.29, 0.717) is 5.56 Å². The first kappa shape index (κ1) is 29.5. The Balaban J connectivity index is 3.02. The monoisotopic (exact) mass is 493 g/mol. The molecule has 0 saturated carbocycles. The Morgan fingerprint density at radius 1 is 0.857 bits per heavy atom. The van der Waals surface area contributed by atoms with E-state index in [1.165, 1.54) is 6.92 Å². The van der Waals surface area contributed by atoms with Gasteiger partial charge in [-0.25, -0.2) is 4.79 Å². The molecule has 0 fully saturated rings. The molecule has 0 spiro atoms. The maximum atomic E-state index is 13.0. The maximum absolute atomic E-state index is 13.0. The molecule has 0 aliphatic rings. The van der Waals surface area contributed by atoms with E-state index < -0.39 is 66.3 Å². The second-order valence-electron chi connectivity index (χ2n) is 8.78. The molecular weight excluding hydrogens is 458 g/mol. The summed E-state index contributed by atoms with van der Waals surface area (Å²) >= 11 is 0. The van der Waals surface area contributed by atoms with Crippen molar-refractivity contribution in [1.82, 2.24) is 16.0 Å². The summed E-state index contributed by atoms with van der Waals surface area (Å²) in [5.41, 5.74) is 11.5. The molecule has 35 heavy (non-hydrogen) atoms. The number of aliphatic carboxylic acids is 1. The zero-order chi connectivity index (χ0) is 26.7. The minimum Gasteiger partial charge on any atom is -0.480 e. The van der Waals surface area contributed by atoms with Crippen molar-refractivity contribution < 1.29 is 34.2 Å². The SMILES string of the molecule is CC(C)CC(NC(=O)C(CC(N)=O)NC(=O)C(N)C(C)O)C(=O)NC(Cc1ccccc1)C(=O)O. The number of primary amides is 1. The lowest BCUT2D eigenvalue weighted by Crippen LogP contribution is -2.59. The lowest BCUT2D eigenvalue weighted by Gasteiger charge is -2.26. The van der Waals surface area contributed by atoms with Crippen molar-refractivity contribution >= 4 is 29.6 Å². The molecule has 5 unspecified atom stereocenters. The summed E-state index contributed by atoms with van der Waals surface area (Å²) in [5, 5.41) is 26.2. The Labute approximate surface area is 203 Å². The van der Waals surface area contributed by atoms with E-state index in [1.54, 1.807) is 44.2 Å². The number of carbonyl (C=O) groups excluding carboxylic acids is 4. The molecule has 4 amide bonds. The molecule has 12 heteroatoms. The van der Waals surface area contributed by atoms with Crippen LogP contribution in [-0.2, 0) is 30.4 Å². The highest BCUT2D eigenvalue weighted by molar-refractivity contribution is 5.96. The van der Waals surface area contributed by atoms with E-state index in [9.17, 15) is 34.2 Å². The summed E-state index contributed by atoms with van der Waals surface area (Å²) < 4.78 is 0. The third-order valence-corrected chi connectivity index (χ3v) is 5.10. The molecule has 0 saturated heterocycles. The number of carbonyl (C=O) groups is 5. The van der Waals surface area contributed by atoms with Crippen LogP contribution in [0.2, 0.25) is 0 Å². The number of aliphatic hydroxyl groups excluding tert-OH is 1. The lowest BCUT2D eigenvalue weighted by atomic mass is 10.0. The first-order chi connectivity index (χ1) is 16.3. The summed E-state index contributed by atoms with van der Waals surface area (Å²) in [6.07, 6.45) is -1.61. The highest BCUT2D eigenvalue weighted by Crippen LogP contribution is 2.09. The summed E-state index contributed by atoms with van der Waals surface area (Å²) in [6, 6.07) is 3.51. The number of carboxylic acids is 1. The van der Waals surface area contributed by atoms with Crippen LogP contribution in [0.3, 0.4) is 0 Å². The van der Waals surface area contributed by atoms with Crippen molar-refractivity contribution in [3.05, 3.63) is 35.9 Å². The van der Waals surface area contributed by atoms with Gasteiger partial charge in [-0.2, -0.15) is 0 Å². The minimum absolute atomic E-state index is 0.0296. The van der Waals surface area contributed by atoms with Gasteiger partial charge in [0.05, 0.1) is 12.5 Å². The van der Waals surface area contributed by atoms with Gasteiger partial charge in [-0.1, -0.05) is 44.2 Å². The van der Waals surface area contributed by atoms with Gasteiger partial charge >= 0.3 is 5.97 Å². The van der Waals surface area contributed by atoms with Crippen LogP contribution in [0.25, 0.3) is 0 Å². The molecule has 0 aromatic heterocycles. The van der Waals surface area contributed by atoms with Crippen LogP contribution in [0.1, 0.15) is 39.2 Å². The quantitative estimate of drug-likeness (QED) is 0.160. The maximum Gasteiger partial charge on any atom is 0.326 e. The standard InChI is InChI=1S/C23H35N5O7/c1-12(2)9-15(20(31)28-17(23(34)35)10-14-7-5-4-6-8-14)26-21(32)16(11-18(24)30)27-22(33)19(25)13(3)29/h4-8,12-13,15-17,19,29H,9-11,25H2,1-3H3,(H2,24,30)(H,26,32)(H,27,33)(H,28,31)(H,34,35). The number of hydrogen-bond acceptors (Lipinski definition) is 7. The molecule has 9 N–H and O–H groups in total. The molecule has 0 aliphatic carbocycles. The molecule has 0 aliphatic heterocycles. The second kappa shape index (κ2) is 14.0. The first-order valence-corrected chi connectivity index (χ1v) is 11.2. The highest BCUT2D eigenvalue weighted by atomic mass is 16.4. The Morgan fingerprint density at radius 3 is 1.86 bits per heavy atom. The van der Waals surface area contributed by atoms with Crippen LogP contribution in [0, 0.1) is 5.92 Å². The number of carboxylic acid groups (broad SMARTS) is 1. The summed E-state index contributed by atoms with van der Waals surface area (Å²) in [5.74, 6) is -4.72. The number of hydrogen-bond donors (Lipinski definition) is 7. The van der Waals surface area contributed by atoms with Gasteiger partial charge in [-0.15, -0.1) is 0 Å². The number of aliphatic hydroxyl groups is 1. The van der Waals surface area contributed by atoms with E-state index in [1.807, 2.05) is 0 Å². The number of amides is 4. The number of nitrogens with one attached hydrogen (secondary N) is 3. The van der Waals surface area contributed by atoms with E-state index in [2.05, 4.69) is 16.0 Å². The fraction of sp³-hybridized carbons (Fsp3) is 0.522. The Bertz CT molecular complexity index is 892. The zero-order valence-electron chi connectivity index (χ0n) is 20.1. The van der Waals surface area contributed by atoms with Crippen LogP contribution >= 0.6 is 0 Å². The lowest BCUT2D eigenvalue weighted by molar-refractivity contribution is -0.142. The van der Waals surface area contributed by atoms with Crippen LogP contribution in [0.5, 0.6) is 0 Å². The van der Waals surface area contributed by atoms with E-state index in [0.717, 1.165) is 0 Å². The predicted molar refractivity (Wildman–Crippen MR) is 126 cm³/mol. The molecular formula is C23H35N5O7. The van der Waals surface area contributed by atoms with Gasteiger partial charge in [0, 0.05) is 6.42 Å². The number of nitrogens with two attached hydrogens (primary N) is 2. The van der Waals surface area contributed by atoms with Crippen molar-refractivity contribution in [3.63, 3.8) is 0 Å². The second-order valence-corrected chi connectivity index (χ2v) is 8.78. The van der Waals surface area contributed by atoms with Crippen molar-refractivity contribution in [2.75, 3.05) is 0 Å². The van der Waals surface area contributed by atoms with Gasteiger partial charge < -0.3 is 37.6 Å². The van der Waals surface area contributed by atoms with Gasteiger partial charge in [-0.3, -0.25) is 19.2 Å². The topological polar surface area (TPSA) is 214 Å². The number of rotatable bonds is 14. The van der Waals surface area contributed by atoms with Crippen molar-refractivity contribution in [2.45, 2.75) is 70.3 Å². The zero-order valence-corrected chi connectivity index (χ0v) is 20.1. The third-order valence-electron chi connectivity index (χ3n) is 5.10.